The Morgan fingerprint density at radius 2 is 1.14 bits per heavy atom. The Morgan fingerprint density at radius 3 is 1.43 bits per heavy atom. The molecular formula is C14H12N12O2. The van der Waals surface area contributed by atoms with Crippen LogP contribution in [0.2, 0.25) is 0 Å². The molecule has 6 rings (SSSR count). The van der Waals surface area contributed by atoms with Crippen LogP contribution in [0.5, 0.6) is 0 Å². The molecule has 0 amide bonds. The van der Waals surface area contributed by atoms with Crippen LogP contribution in [-0.4, -0.2) is 73.6 Å². The Balaban J connectivity index is 0.000000122. The van der Waals surface area contributed by atoms with Crippen molar-refractivity contribution in [3.8, 4) is 11.6 Å². The van der Waals surface area contributed by atoms with Crippen molar-refractivity contribution in [1.82, 2.24) is 60.4 Å². The fourth-order valence-corrected chi connectivity index (χ4v) is 2.20. The van der Waals surface area contributed by atoms with Crippen molar-refractivity contribution in [1.29, 1.82) is 0 Å². The van der Waals surface area contributed by atoms with E-state index in [1.807, 2.05) is 0 Å². The molecule has 0 aromatic carbocycles. The second-order valence-corrected chi connectivity index (χ2v) is 5.75. The highest BCUT2D eigenvalue weighted by Gasteiger charge is 2.27. The molecule has 0 bridgehead atoms. The van der Waals surface area contributed by atoms with E-state index in [0.717, 1.165) is 24.6 Å². The summed E-state index contributed by atoms with van der Waals surface area (Å²) < 4.78 is 13.0. The molecule has 2 aliphatic rings. The first-order valence-corrected chi connectivity index (χ1v) is 8.20. The molecule has 0 N–H and O–H groups in total. The van der Waals surface area contributed by atoms with Gasteiger partial charge in [0.1, 0.15) is 24.9 Å². The first kappa shape index (κ1) is 16.4. The van der Waals surface area contributed by atoms with E-state index in [1.165, 1.54) is 22.0 Å². The van der Waals surface area contributed by atoms with Crippen molar-refractivity contribution in [3.63, 3.8) is 0 Å². The largest absolute Gasteiger partial charge is 0.366 e. The van der Waals surface area contributed by atoms with Crippen LogP contribution in [0.4, 0.5) is 0 Å². The van der Waals surface area contributed by atoms with E-state index in [0.29, 0.717) is 11.6 Å². The maximum Gasteiger partial charge on any atom is 0.175 e. The molecule has 6 heterocycles. The molecule has 14 heteroatoms. The minimum absolute atomic E-state index is 0.130. The number of ether oxygens (including phenoxy) is 2. The number of tetrazole rings is 2. The summed E-state index contributed by atoms with van der Waals surface area (Å²) in [4.78, 5) is 16.7. The third-order valence-electron chi connectivity index (χ3n) is 3.81. The van der Waals surface area contributed by atoms with Crippen molar-refractivity contribution in [3.05, 3.63) is 48.8 Å². The predicted molar refractivity (Wildman–Crippen MR) is 86.9 cm³/mol. The first-order valence-electron chi connectivity index (χ1n) is 8.20. The second kappa shape index (κ2) is 7.09. The summed E-state index contributed by atoms with van der Waals surface area (Å²) in [6.45, 7) is 1.47. The van der Waals surface area contributed by atoms with Crippen LogP contribution >= 0.6 is 0 Å². The van der Waals surface area contributed by atoms with Gasteiger partial charge in [-0.1, -0.05) is 0 Å². The smallest absolute Gasteiger partial charge is 0.175 e. The van der Waals surface area contributed by atoms with E-state index in [-0.39, 0.29) is 12.2 Å². The molecule has 0 unspecified atom stereocenters. The number of rotatable bonds is 4. The summed E-state index contributed by atoms with van der Waals surface area (Å²) in [6, 6.07) is 0. The van der Waals surface area contributed by atoms with Crippen LogP contribution in [0.3, 0.4) is 0 Å². The Hall–Kier alpha value is -3.78. The van der Waals surface area contributed by atoms with E-state index >= 15 is 0 Å². The van der Waals surface area contributed by atoms with Crippen molar-refractivity contribution in [2.45, 2.75) is 12.2 Å². The molecule has 0 radical (unpaired) electrons. The number of hydrogen-bond acceptors (Lipinski definition) is 12. The molecule has 0 spiro atoms. The molecular weight excluding hydrogens is 368 g/mol. The standard InChI is InChI=1S/2C7H6N6O/c2*1-5(6-3-14-6)8-2-7(9-1)13-4-10-11-12-13/h2*1-2,4,6H,3H2/t2*6-/m10/s1. The lowest BCUT2D eigenvalue weighted by molar-refractivity contribution is 0.410. The minimum atomic E-state index is 0.130. The predicted octanol–water partition coefficient (Wildman–Crippen LogP) is -0.953. The summed E-state index contributed by atoms with van der Waals surface area (Å²) in [5, 5.41) is 21.4. The number of aromatic nitrogens is 12. The summed E-state index contributed by atoms with van der Waals surface area (Å²) in [7, 11) is 0. The first-order chi connectivity index (χ1) is 13.9. The minimum Gasteiger partial charge on any atom is -0.366 e. The maximum absolute atomic E-state index is 5.08. The van der Waals surface area contributed by atoms with Gasteiger partial charge in [-0.05, 0) is 20.9 Å². The maximum atomic E-state index is 5.08. The van der Waals surface area contributed by atoms with Crippen LogP contribution in [0.15, 0.2) is 37.4 Å². The highest BCUT2D eigenvalue weighted by molar-refractivity contribution is 5.18. The summed E-state index contributed by atoms with van der Waals surface area (Å²) >= 11 is 0. The zero-order valence-electron chi connectivity index (χ0n) is 14.2. The van der Waals surface area contributed by atoms with Gasteiger partial charge in [0.25, 0.3) is 0 Å². The monoisotopic (exact) mass is 380 g/mol. The van der Waals surface area contributed by atoms with Crippen LogP contribution in [0.25, 0.3) is 11.6 Å². The molecule has 0 aliphatic carbocycles. The third-order valence-corrected chi connectivity index (χ3v) is 3.81. The van der Waals surface area contributed by atoms with Crippen molar-refractivity contribution in [2.24, 2.45) is 0 Å². The quantitative estimate of drug-likeness (QED) is 0.399. The molecule has 2 aliphatic heterocycles. The lowest BCUT2D eigenvalue weighted by Gasteiger charge is -1.97. The van der Waals surface area contributed by atoms with Gasteiger partial charge in [-0.15, -0.1) is 10.2 Å². The molecule has 2 atom stereocenters. The normalized spacial score (nSPS) is 19.6. The van der Waals surface area contributed by atoms with Crippen LogP contribution < -0.4 is 0 Å². The highest BCUT2D eigenvalue weighted by Crippen LogP contribution is 2.27. The zero-order chi connectivity index (χ0) is 18.8. The fourth-order valence-electron chi connectivity index (χ4n) is 2.20. The molecule has 28 heavy (non-hydrogen) atoms. The molecule has 14 nitrogen and oxygen atoms in total. The second-order valence-electron chi connectivity index (χ2n) is 5.75. The lowest BCUT2D eigenvalue weighted by Crippen LogP contribution is -2.00. The van der Waals surface area contributed by atoms with E-state index in [4.69, 9.17) is 9.47 Å². The van der Waals surface area contributed by atoms with Crippen LogP contribution in [0, 0.1) is 0 Å². The zero-order valence-corrected chi connectivity index (χ0v) is 14.2. The van der Waals surface area contributed by atoms with Gasteiger partial charge >= 0.3 is 0 Å². The van der Waals surface area contributed by atoms with Crippen LogP contribution in [0.1, 0.15) is 23.6 Å². The lowest BCUT2D eigenvalue weighted by atomic mass is 10.3. The Kier molecular flexibility index (Phi) is 4.15. The SMILES string of the molecule is c1nc(-n2cnnn2)cnc1[C@@H]1CO1.c1nc(-n2cnnn2)cnc1[C@H]1CO1. The Labute approximate surface area is 156 Å². The summed E-state index contributed by atoms with van der Waals surface area (Å²) in [5.41, 5.74) is 1.70. The fraction of sp³-hybridized carbons (Fsp3) is 0.286. The molecule has 4 aromatic heterocycles. The number of hydrogen-bond donors (Lipinski definition) is 0. The number of epoxide rings is 2. The van der Waals surface area contributed by atoms with Gasteiger partial charge in [0.05, 0.1) is 49.4 Å². The average Bonchev–Trinajstić information content (AvgIpc) is 3.67. The average molecular weight is 380 g/mol. The van der Waals surface area contributed by atoms with Gasteiger partial charge in [0.15, 0.2) is 11.6 Å². The van der Waals surface area contributed by atoms with E-state index in [9.17, 15) is 0 Å². The Morgan fingerprint density at radius 1 is 0.679 bits per heavy atom. The van der Waals surface area contributed by atoms with Gasteiger partial charge in [0, 0.05) is 0 Å². The van der Waals surface area contributed by atoms with Crippen molar-refractivity contribution >= 4 is 0 Å². The van der Waals surface area contributed by atoms with E-state index < -0.39 is 0 Å². The summed E-state index contributed by atoms with van der Waals surface area (Å²) in [6.07, 6.45) is 9.79. The van der Waals surface area contributed by atoms with E-state index in [1.54, 1.807) is 24.8 Å². The molecule has 140 valence electrons. The molecule has 4 aromatic rings. The topological polar surface area (TPSA) is 164 Å². The molecule has 2 fully saturated rings. The van der Waals surface area contributed by atoms with Crippen molar-refractivity contribution < 1.29 is 9.47 Å². The van der Waals surface area contributed by atoms with Crippen molar-refractivity contribution in [2.75, 3.05) is 13.2 Å². The third kappa shape index (κ3) is 3.67. The molecule has 0 saturated carbocycles. The van der Waals surface area contributed by atoms with Gasteiger partial charge in [-0.3, -0.25) is 9.97 Å². The van der Waals surface area contributed by atoms with Gasteiger partial charge < -0.3 is 9.47 Å². The van der Waals surface area contributed by atoms with Gasteiger partial charge in [0.2, 0.25) is 0 Å². The van der Waals surface area contributed by atoms with Gasteiger partial charge in [-0.2, -0.15) is 9.36 Å². The highest BCUT2D eigenvalue weighted by atomic mass is 16.6. The number of nitrogens with zero attached hydrogens (tertiary/aromatic N) is 12. The van der Waals surface area contributed by atoms with E-state index in [2.05, 4.69) is 51.0 Å². The van der Waals surface area contributed by atoms with Crippen LogP contribution in [-0.2, 0) is 9.47 Å². The molecule has 2 saturated heterocycles. The summed E-state index contributed by atoms with van der Waals surface area (Å²) in [5.74, 6) is 1.19. The van der Waals surface area contributed by atoms with Gasteiger partial charge in [-0.25, -0.2) is 9.97 Å². The Bertz CT molecular complexity index is 926.